The Labute approximate surface area is 111 Å². The molecule has 6 heteroatoms. The molecule has 2 N–H and O–H groups in total. The minimum atomic E-state index is -0.801. The Kier molecular flexibility index (Phi) is 2.83. The predicted octanol–water partition coefficient (Wildman–Crippen LogP) is 1.82. The second kappa shape index (κ2) is 4.25. The number of hydrogen-bond donors (Lipinski definition) is 1. The maximum atomic E-state index is 8.94. The molecule has 2 saturated carbocycles. The van der Waals surface area contributed by atoms with Crippen molar-refractivity contribution in [1.82, 2.24) is 14.8 Å². The summed E-state index contributed by atoms with van der Waals surface area (Å²) in [7, 11) is 0. The molecule has 0 spiro atoms. The average molecular weight is 263 g/mol. The number of thioether (sulfide) groups is 1. The number of nitrogens with zero attached hydrogens (tertiary/aromatic N) is 4. The van der Waals surface area contributed by atoms with Crippen LogP contribution in [0.4, 0.5) is 0 Å². The summed E-state index contributed by atoms with van der Waals surface area (Å²) in [5, 5.41) is 18.5. The monoisotopic (exact) mass is 263 g/mol. The van der Waals surface area contributed by atoms with Crippen molar-refractivity contribution in [2.75, 3.05) is 5.75 Å². The zero-order chi connectivity index (χ0) is 12.8. The number of aromatic nitrogens is 3. The van der Waals surface area contributed by atoms with Gasteiger partial charge in [0, 0.05) is 17.7 Å². The summed E-state index contributed by atoms with van der Waals surface area (Å²) in [5.41, 5.74) is 5.04. The van der Waals surface area contributed by atoms with Gasteiger partial charge in [-0.2, -0.15) is 5.26 Å². The molecule has 0 amide bonds. The van der Waals surface area contributed by atoms with E-state index < -0.39 is 5.54 Å². The van der Waals surface area contributed by atoms with Crippen molar-refractivity contribution >= 4 is 11.8 Å². The predicted molar refractivity (Wildman–Crippen MR) is 69.2 cm³/mol. The van der Waals surface area contributed by atoms with Gasteiger partial charge < -0.3 is 10.3 Å². The molecule has 0 aromatic carbocycles. The Balaban J connectivity index is 1.77. The molecule has 5 nitrogen and oxygen atoms in total. The SMILES string of the molecule is CC(N)(C#N)CSc1nnc(C2CC2)n1C1CC1. The van der Waals surface area contributed by atoms with Gasteiger partial charge in [0.05, 0.1) is 6.07 Å². The largest absolute Gasteiger partial charge is 0.313 e. The molecule has 18 heavy (non-hydrogen) atoms. The summed E-state index contributed by atoms with van der Waals surface area (Å²) in [6, 6.07) is 2.70. The van der Waals surface area contributed by atoms with Crippen LogP contribution in [0.2, 0.25) is 0 Å². The second-order valence-corrected chi connectivity index (χ2v) is 6.48. The molecule has 2 fully saturated rings. The summed E-state index contributed by atoms with van der Waals surface area (Å²) in [4.78, 5) is 0. The van der Waals surface area contributed by atoms with Gasteiger partial charge in [-0.15, -0.1) is 10.2 Å². The zero-order valence-corrected chi connectivity index (χ0v) is 11.3. The fourth-order valence-electron chi connectivity index (χ4n) is 1.93. The minimum absolute atomic E-state index is 0.555. The molecule has 1 heterocycles. The Hall–Kier alpha value is -1.06. The van der Waals surface area contributed by atoms with Crippen LogP contribution in [-0.4, -0.2) is 26.1 Å². The maximum Gasteiger partial charge on any atom is 0.191 e. The van der Waals surface area contributed by atoms with Gasteiger partial charge in [-0.25, -0.2) is 0 Å². The highest BCUT2D eigenvalue weighted by molar-refractivity contribution is 7.99. The van der Waals surface area contributed by atoms with Crippen molar-refractivity contribution < 1.29 is 0 Å². The smallest absolute Gasteiger partial charge is 0.191 e. The molecule has 96 valence electrons. The van der Waals surface area contributed by atoms with Crippen LogP contribution in [0.1, 0.15) is 50.4 Å². The van der Waals surface area contributed by atoms with Crippen molar-refractivity contribution in [3.05, 3.63) is 5.82 Å². The topological polar surface area (TPSA) is 80.5 Å². The number of hydrogen-bond acceptors (Lipinski definition) is 5. The third-order valence-electron chi connectivity index (χ3n) is 3.30. The van der Waals surface area contributed by atoms with Gasteiger partial charge in [0.25, 0.3) is 0 Å². The van der Waals surface area contributed by atoms with Crippen LogP contribution in [0.25, 0.3) is 0 Å². The fraction of sp³-hybridized carbons (Fsp3) is 0.750. The molecule has 3 rings (SSSR count). The van der Waals surface area contributed by atoms with Gasteiger partial charge in [0.1, 0.15) is 11.4 Å². The summed E-state index contributed by atoms with van der Waals surface area (Å²) >= 11 is 1.55. The number of nitrogens with two attached hydrogens (primary N) is 1. The molecule has 1 unspecified atom stereocenters. The van der Waals surface area contributed by atoms with E-state index in [2.05, 4.69) is 20.8 Å². The Morgan fingerprint density at radius 3 is 2.72 bits per heavy atom. The van der Waals surface area contributed by atoms with E-state index in [0.717, 1.165) is 11.0 Å². The van der Waals surface area contributed by atoms with Crippen molar-refractivity contribution in [3.8, 4) is 6.07 Å². The number of nitriles is 1. The third kappa shape index (κ3) is 2.38. The van der Waals surface area contributed by atoms with E-state index in [1.807, 2.05) is 0 Å². The standard InChI is InChI=1S/C12H17N5S/c1-12(14,6-13)7-18-11-16-15-10(8-2-3-8)17(11)9-4-5-9/h8-9H,2-5,7,14H2,1H3. The van der Waals surface area contributed by atoms with E-state index in [0.29, 0.717) is 17.7 Å². The van der Waals surface area contributed by atoms with Gasteiger partial charge in [-0.05, 0) is 32.6 Å². The van der Waals surface area contributed by atoms with Gasteiger partial charge in [-0.1, -0.05) is 11.8 Å². The fourth-order valence-corrected chi connectivity index (χ4v) is 2.90. The Morgan fingerprint density at radius 2 is 2.17 bits per heavy atom. The van der Waals surface area contributed by atoms with Crippen molar-refractivity contribution in [2.24, 2.45) is 5.73 Å². The molecule has 0 bridgehead atoms. The van der Waals surface area contributed by atoms with Crippen LogP contribution in [0.15, 0.2) is 5.16 Å². The molecule has 0 saturated heterocycles. The summed E-state index contributed by atoms with van der Waals surface area (Å²) in [6.07, 6.45) is 4.93. The first-order chi connectivity index (χ1) is 8.61. The summed E-state index contributed by atoms with van der Waals surface area (Å²) in [5.74, 6) is 2.32. The molecule has 1 atom stereocenters. The minimum Gasteiger partial charge on any atom is -0.313 e. The van der Waals surface area contributed by atoms with Gasteiger partial charge in [0.2, 0.25) is 0 Å². The summed E-state index contributed by atoms with van der Waals surface area (Å²) < 4.78 is 2.29. The van der Waals surface area contributed by atoms with E-state index in [9.17, 15) is 0 Å². The Bertz CT molecular complexity index is 493. The second-order valence-electron chi connectivity index (χ2n) is 5.53. The lowest BCUT2D eigenvalue weighted by atomic mass is 10.1. The van der Waals surface area contributed by atoms with Crippen molar-refractivity contribution in [2.45, 2.75) is 55.3 Å². The normalized spacial score (nSPS) is 22.5. The highest BCUT2D eigenvalue weighted by atomic mass is 32.2. The van der Waals surface area contributed by atoms with Crippen LogP contribution in [0, 0.1) is 11.3 Å². The highest BCUT2D eigenvalue weighted by Crippen LogP contribution is 2.46. The average Bonchev–Trinajstić information content (AvgIpc) is 3.25. The van der Waals surface area contributed by atoms with Gasteiger partial charge in [0.15, 0.2) is 5.16 Å². The Morgan fingerprint density at radius 1 is 1.44 bits per heavy atom. The van der Waals surface area contributed by atoms with Crippen molar-refractivity contribution in [3.63, 3.8) is 0 Å². The first-order valence-corrected chi connectivity index (χ1v) is 7.37. The number of rotatable bonds is 5. The van der Waals surface area contributed by atoms with Crippen LogP contribution < -0.4 is 5.73 Å². The maximum absolute atomic E-state index is 8.94. The van der Waals surface area contributed by atoms with E-state index in [4.69, 9.17) is 11.0 Å². The van der Waals surface area contributed by atoms with Gasteiger partial charge >= 0.3 is 0 Å². The third-order valence-corrected chi connectivity index (χ3v) is 4.58. The first kappa shape index (κ1) is 12.0. The molecule has 2 aliphatic carbocycles. The molecular formula is C12H17N5S. The van der Waals surface area contributed by atoms with E-state index >= 15 is 0 Å². The van der Waals surface area contributed by atoms with Crippen molar-refractivity contribution in [1.29, 1.82) is 5.26 Å². The molecule has 1 aromatic rings. The molecule has 0 radical (unpaired) electrons. The molecule has 1 aromatic heterocycles. The van der Waals surface area contributed by atoms with E-state index in [1.54, 1.807) is 18.7 Å². The van der Waals surface area contributed by atoms with Crippen LogP contribution in [0.5, 0.6) is 0 Å². The van der Waals surface area contributed by atoms with Crippen LogP contribution in [-0.2, 0) is 0 Å². The lowest BCUT2D eigenvalue weighted by molar-refractivity contribution is 0.623. The van der Waals surface area contributed by atoms with Gasteiger partial charge in [-0.3, -0.25) is 0 Å². The van der Waals surface area contributed by atoms with Crippen LogP contribution >= 0.6 is 11.8 Å². The molecule has 2 aliphatic rings. The van der Waals surface area contributed by atoms with E-state index in [-0.39, 0.29) is 0 Å². The van der Waals surface area contributed by atoms with Crippen LogP contribution in [0.3, 0.4) is 0 Å². The lowest BCUT2D eigenvalue weighted by Crippen LogP contribution is -2.37. The van der Waals surface area contributed by atoms with E-state index in [1.165, 1.54) is 25.7 Å². The lowest BCUT2D eigenvalue weighted by Gasteiger charge is -2.14. The first-order valence-electron chi connectivity index (χ1n) is 6.38. The highest BCUT2D eigenvalue weighted by Gasteiger charge is 2.36. The quantitative estimate of drug-likeness (QED) is 0.820. The molecule has 0 aliphatic heterocycles. The summed E-state index contributed by atoms with van der Waals surface area (Å²) in [6.45, 7) is 1.75. The zero-order valence-electron chi connectivity index (χ0n) is 10.5. The molecular weight excluding hydrogens is 246 g/mol.